The van der Waals surface area contributed by atoms with E-state index in [1.165, 1.54) is 29.2 Å². The molecule has 0 unspecified atom stereocenters. The second-order valence-electron chi connectivity index (χ2n) is 6.64. The summed E-state index contributed by atoms with van der Waals surface area (Å²) in [6.45, 7) is 0. The molecule has 0 aromatic heterocycles. The highest BCUT2D eigenvalue weighted by Gasteiger charge is 2.67. The molecule has 3 fully saturated rings. The maximum absolute atomic E-state index is 13.1. The smallest absolute Gasteiger partial charge is 0.238 e. The van der Waals surface area contributed by atoms with Crippen molar-refractivity contribution in [2.24, 2.45) is 35.5 Å². The minimum atomic E-state index is -0.363. The van der Waals surface area contributed by atoms with Gasteiger partial charge in [0.1, 0.15) is 5.82 Å². The summed E-state index contributed by atoms with van der Waals surface area (Å²) in [4.78, 5) is 26.8. The van der Waals surface area contributed by atoms with E-state index in [0.717, 1.165) is 6.42 Å². The first kappa shape index (κ1) is 11.7. The molecule has 3 nitrogen and oxygen atoms in total. The number of imide groups is 1. The predicted molar refractivity (Wildman–Crippen MR) is 73.6 cm³/mol. The third-order valence-corrected chi connectivity index (χ3v) is 5.75. The molecule has 0 spiro atoms. The first-order chi connectivity index (χ1) is 10.2. The monoisotopic (exact) mass is 283 g/mol. The van der Waals surface area contributed by atoms with Gasteiger partial charge in [-0.15, -0.1) is 0 Å². The zero-order chi connectivity index (χ0) is 14.3. The highest BCUT2D eigenvalue weighted by molar-refractivity contribution is 6.22. The average molecular weight is 283 g/mol. The summed E-state index contributed by atoms with van der Waals surface area (Å²) in [5.74, 6) is 0.722. The van der Waals surface area contributed by atoms with E-state index in [-0.39, 0.29) is 41.3 Å². The summed E-state index contributed by atoms with van der Waals surface area (Å²) < 4.78 is 13.1. The molecule has 2 saturated carbocycles. The van der Waals surface area contributed by atoms with Crippen LogP contribution >= 0.6 is 0 Å². The van der Waals surface area contributed by atoms with Crippen molar-refractivity contribution in [2.45, 2.75) is 6.42 Å². The molecule has 0 N–H and O–H groups in total. The molecule has 106 valence electrons. The van der Waals surface area contributed by atoms with E-state index in [0.29, 0.717) is 17.5 Å². The second kappa shape index (κ2) is 3.62. The maximum atomic E-state index is 13.1. The summed E-state index contributed by atoms with van der Waals surface area (Å²) >= 11 is 0. The zero-order valence-corrected chi connectivity index (χ0v) is 11.3. The van der Waals surface area contributed by atoms with Crippen LogP contribution in [0.1, 0.15) is 6.42 Å². The van der Waals surface area contributed by atoms with Gasteiger partial charge >= 0.3 is 0 Å². The molecule has 21 heavy (non-hydrogen) atoms. The number of halogens is 1. The van der Waals surface area contributed by atoms with Crippen LogP contribution in [0.15, 0.2) is 36.4 Å². The van der Waals surface area contributed by atoms with Gasteiger partial charge in [0.15, 0.2) is 0 Å². The summed E-state index contributed by atoms with van der Waals surface area (Å²) in [7, 11) is 0. The van der Waals surface area contributed by atoms with Crippen molar-refractivity contribution in [1.82, 2.24) is 0 Å². The number of carbonyl (C=O) groups excluding carboxylic acids is 2. The molecule has 1 aliphatic heterocycles. The molecule has 5 aliphatic rings. The highest BCUT2D eigenvalue weighted by Crippen LogP contribution is 2.65. The first-order valence-electron chi connectivity index (χ1n) is 7.48. The van der Waals surface area contributed by atoms with Crippen LogP contribution in [0.5, 0.6) is 0 Å². The molecule has 1 heterocycles. The number of allylic oxidation sites excluding steroid dienone is 2. The lowest BCUT2D eigenvalue weighted by atomic mass is 9.63. The Kier molecular flexibility index (Phi) is 2.01. The van der Waals surface area contributed by atoms with Gasteiger partial charge in [-0.2, -0.15) is 0 Å². The predicted octanol–water partition coefficient (Wildman–Crippen LogP) is 2.38. The Morgan fingerprint density at radius 1 is 0.905 bits per heavy atom. The Balaban J connectivity index is 1.58. The van der Waals surface area contributed by atoms with E-state index >= 15 is 0 Å². The summed E-state index contributed by atoms with van der Waals surface area (Å²) in [6, 6.07) is 5.61. The van der Waals surface area contributed by atoms with Gasteiger partial charge in [0.05, 0.1) is 17.5 Å². The number of carbonyl (C=O) groups is 2. The number of amides is 2. The number of benzene rings is 1. The van der Waals surface area contributed by atoms with Crippen molar-refractivity contribution in [3.05, 3.63) is 42.2 Å². The van der Waals surface area contributed by atoms with Gasteiger partial charge < -0.3 is 0 Å². The summed E-state index contributed by atoms with van der Waals surface area (Å²) in [5.41, 5.74) is 0.494. The lowest BCUT2D eigenvalue weighted by molar-refractivity contribution is -0.124. The van der Waals surface area contributed by atoms with Crippen LogP contribution in [0.4, 0.5) is 10.1 Å². The van der Waals surface area contributed by atoms with E-state index in [2.05, 4.69) is 12.2 Å². The summed E-state index contributed by atoms with van der Waals surface area (Å²) in [5, 5.41) is 0. The molecular weight excluding hydrogens is 269 g/mol. The minimum absolute atomic E-state index is 0.0960. The van der Waals surface area contributed by atoms with Crippen LogP contribution in [0.2, 0.25) is 0 Å². The van der Waals surface area contributed by atoms with Gasteiger partial charge in [-0.05, 0) is 54.4 Å². The van der Waals surface area contributed by atoms with Crippen LogP contribution in [0.3, 0.4) is 0 Å². The Bertz CT molecular complexity index is 659. The minimum Gasteiger partial charge on any atom is -0.274 e. The molecular formula is C17H14FNO2. The van der Waals surface area contributed by atoms with Crippen LogP contribution in [-0.2, 0) is 9.59 Å². The fraction of sp³-hybridized carbons (Fsp3) is 0.412. The van der Waals surface area contributed by atoms with Gasteiger partial charge in [0.2, 0.25) is 11.8 Å². The first-order valence-corrected chi connectivity index (χ1v) is 7.48. The fourth-order valence-corrected chi connectivity index (χ4v) is 4.80. The van der Waals surface area contributed by atoms with Gasteiger partial charge in [-0.25, -0.2) is 4.39 Å². The maximum Gasteiger partial charge on any atom is 0.238 e. The number of rotatable bonds is 1. The quantitative estimate of drug-likeness (QED) is 0.586. The van der Waals surface area contributed by atoms with E-state index in [1.807, 2.05) is 0 Å². The van der Waals surface area contributed by atoms with Crippen molar-refractivity contribution in [3.63, 3.8) is 0 Å². The summed E-state index contributed by atoms with van der Waals surface area (Å²) in [6.07, 6.45) is 5.46. The average Bonchev–Trinajstić information content (AvgIpc) is 3.26. The molecule has 4 aliphatic carbocycles. The molecule has 6 atom stereocenters. The molecule has 0 radical (unpaired) electrons. The fourth-order valence-electron chi connectivity index (χ4n) is 4.80. The van der Waals surface area contributed by atoms with Crippen molar-refractivity contribution >= 4 is 17.5 Å². The van der Waals surface area contributed by atoms with Crippen LogP contribution in [0.25, 0.3) is 0 Å². The number of nitrogens with zero attached hydrogens (tertiary/aromatic N) is 1. The molecule has 2 amide bonds. The van der Waals surface area contributed by atoms with Crippen molar-refractivity contribution in [3.8, 4) is 0 Å². The molecule has 1 aromatic carbocycles. The normalized spacial score (nSPS) is 42.2. The van der Waals surface area contributed by atoms with Gasteiger partial charge in [-0.3, -0.25) is 14.5 Å². The van der Waals surface area contributed by atoms with Crippen LogP contribution in [-0.4, -0.2) is 11.8 Å². The van der Waals surface area contributed by atoms with E-state index < -0.39 is 0 Å². The largest absolute Gasteiger partial charge is 0.274 e. The van der Waals surface area contributed by atoms with Gasteiger partial charge in [0.25, 0.3) is 0 Å². The Morgan fingerprint density at radius 2 is 1.43 bits per heavy atom. The lowest BCUT2D eigenvalue weighted by Gasteiger charge is -2.37. The van der Waals surface area contributed by atoms with Crippen molar-refractivity contribution in [1.29, 1.82) is 0 Å². The number of hydrogen-bond acceptors (Lipinski definition) is 2. The molecule has 1 aromatic rings. The van der Waals surface area contributed by atoms with E-state index in [4.69, 9.17) is 0 Å². The zero-order valence-electron chi connectivity index (χ0n) is 11.3. The lowest BCUT2D eigenvalue weighted by Crippen LogP contribution is -2.40. The molecule has 6 rings (SSSR count). The third kappa shape index (κ3) is 1.33. The molecule has 2 bridgehead atoms. The Morgan fingerprint density at radius 3 is 1.95 bits per heavy atom. The van der Waals surface area contributed by atoms with Gasteiger partial charge in [-0.1, -0.05) is 12.2 Å². The van der Waals surface area contributed by atoms with Crippen LogP contribution < -0.4 is 4.90 Å². The molecule has 1 saturated heterocycles. The second-order valence-corrected chi connectivity index (χ2v) is 6.64. The Labute approximate surface area is 121 Å². The molecule has 4 heteroatoms. The van der Waals surface area contributed by atoms with E-state index in [1.54, 1.807) is 0 Å². The number of anilines is 1. The van der Waals surface area contributed by atoms with Crippen molar-refractivity contribution < 1.29 is 14.0 Å². The standard InChI is InChI=1S/C17H14FNO2/c18-8-1-3-9(4-2-8)19-16(20)14-10-5-6-11(13-7-12(10)13)15(14)17(19)21/h1-6,10-15H,7H2/t10-,11+,12+,13-,14+,15-. The Hall–Kier alpha value is -1.97. The topological polar surface area (TPSA) is 37.4 Å². The van der Waals surface area contributed by atoms with Gasteiger partial charge in [0, 0.05) is 0 Å². The third-order valence-electron chi connectivity index (χ3n) is 5.75. The van der Waals surface area contributed by atoms with E-state index in [9.17, 15) is 14.0 Å². The SMILES string of the molecule is O=C1[C@@H]2[C@H]3C=C[C@H]([C@@H]4C[C@H]34)[C@@H]2C(=O)N1c1ccc(F)cc1. The van der Waals surface area contributed by atoms with Crippen LogP contribution in [0, 0.1) is 41.3 Å². The van der Waals surface area contributed by atoms with Crippen molar-refractivity contribution in [2.75, 3.05) is 4.90 Å². The highest BCUT2D eigenvalue weighted by atomic mass is 19.1. The number of hydrogen-bond donors (Lipinski definition) is 0.